The highest BCUT2D eigenvalue weighted by Crippen LogP contribution is 2.11. The van der Waals surface area contributed by atoms with Gasteiger partial charge in [0.2, 0.25) is 0 Å². The van der Waals surface area contributed by atoms with Gasteiger partial charge in [-0.1, -0.05) is 12.1 Å². The van der Waals surface area contributed by atoms with Crippen molar-refractivity contribution in [2.45, 2.75) is 25.6 Å². The first kappa shape index (κ1) is 14.2. The van der Waals surface area contributed by atoms with Crippen LogP contribution in [0.5, 0.6) is 0 Å². The monoisotopic (exact) mass is 288 g/mol. The summed E-state index contributed by atoms with van der Waals surface area (Å²) in [6.45, 7) is 4.79. The molecule has 1 aromatic carbocycles. The summed E-state index contributed by atoms with van der Waals surface area (Å²) in [6, 6.07) is 7.37. The van der Waals surface area contributed by atoms with Gasteiger partial charge in [0, 0.05) is 19.1 Å². The van der Waals surface area contributed by atoms with Gasteiger partial charge in [0.15, 0.2) is 0 Å². The maximum atomic E-state index is 12.1. The van der Waals surface area contributed by atoms with Crippen molar-refractivity contribution < 1.29 is 4.74 Å². The minimum absolute atomic E-state index is 0.00332. The van der Waals surface area contributed by atoms with E-state index in [1.807, 2.05) is 25.1 Å². The first-order chi connectivity index (χ1) is 10.1. The number of nitrogens with one attached hydrogen (secondary N) is 1. The molecule has 2 unspecified atom stereocenters. The molecule has 6 nitrogen and oxygen atoms in total. The number of para-hydroxylation sites is 1. The summed E-state index contributed by atoms with van der Waals surface area (Å²) in [4.78, 5) is 21.7. The molecule has 0 bridgehead atoms. The number of fused-ring (bicyclic) bond motifs is 1. The van der Waals surface area contributed by atoms with Gasteiger partial charge in [0.05, 0.1) is 30.2 Å². The zero-order valence-corrected chi connectivity index (χ0v) is 12.1. The van der Waals surface area contributed by atoms with E-state index in [2.05, 4.69) is 14.9 Å². The first-order valence-corrected chi connectivity index (χ1v) is 7.21. The number of hydrogen-bond acceptors (Lipinski definition) is 5. The molecule has 1 aliphatic rings. The van der Waals surface area contributed by atoms with Crippen molar-refractivity contribution >= 4 is 10.9 Å². The number of benzene rings is 1. The van der Waals surface area contributed by atoms with Crippen LogP contribution in [-0.4, -0.2) is 46.7 Å². The lowest BCUT2D eigenvalue weighted by atomic mass is 10.1. The molecule has 0 amide bonds. The van der Waals surface area contributed by atoms with Crippen LogP contribution in [0.1, 0.15) is 12.7 Å². The van der Waals surface area contributed by atoms with Gasteiger partial charge in [-0.3, -0.25) is 9.69 Å². The van der Waals surface area contributed by atoms with Gasteiger partial charge in [-0.15, -0.1) is 0 Å². The van der Waals surface area contributed by atoms with E-state index in [9.17, 15) is 4.79 Å². The van der Waals surface area contributed by atoms with Crippen LogP contribution in [0.15, 0.2) is 29.1 Å². The Labute approximate surface area is 122 Å². The molecule has 1 aliphatic heterocycles. The number of hydrogen-bond donors (Lipinski definition) is 2. The second-order valence-electron chi connectivity index (χ2n) is 5.53. The number of aromatic amines is 1. The van der Waals surface area contributed by atoms with E-state index in [0.29, 0.717) is 24.4 Å². The summed E-state index contributed by atoms with van der Waals surface area (Å²) >= 11 is 0. The van der Waals surface area contributed by atoms with Gasteiger partial charge in [-0.05, 0) is 19.1 Å². The van der Waals surface area contributed by atoms with Gasteiger partial charge in [-0.25, -0.2) is 4.98 Å². The summed E-state index contributed by atoms with van der Waals surface area (Å²) in [5.41, 5.74) is 6.54. The van der Waals surface area contributed by atoms with Crippen LogP contribution in [0, 0.1) is 0 Å². The van der Waals surface area contributed by atoms with E-state index in [-0.39, 0.29) is 17.7 Å². The zero-order chi connectivity index (χ0) is 14.8. The number of morpholine rings is 1. The van der Waals surface area contributed by atoms with Crippen molar-refractivity contribution in [1.82, 2.24) is 14.9 Å². The standard InChI is InChI=1S/C15H20N4O2/c1-10(16)13-8-19(6-7-21-13)9-14-17-12-5-3-2-4-11(12)15(20)18-14/h2-5,10,13H,6-9,16H2,1H3,(H,17,18,20). The molecule has 1 fully saturated rings. The van der Waals surface area contributed by atoms with Crippen molar-refractivity contribution in [3.63, 3.8) is 0 Å². The summed E-state index contributed by atoms with van der Waals surface area (Å²) in [6.07, 6.45) is 0.0333. The zero-order valence-electron chi connectivity index (χ0n) is 12.1. The molecule has 2 heterocycles. The number of H-pyrrole nitrogens is 1. The van der Waals surface area contributed by atoms with Gasteiger partial charge < -0.3 is 15.5 Å². The number of rotatable bonds is 3. The molecule has 0 aliphatic carbocycles. The Morgan fingerprint density at radius 2 is 2.33 bits per heavy atom. The molecule has 112 valence electrons. The van der Waals surface area contributed by atoms with Gasteiger partial charge in [0.1, 0.15) is 5.82 Å². The highest BCUT2D eigenvalue weighted by molar-refractivity contribution is 5.77. The highest BCUT2D eigenvalue weighted by atomic mass is 16.5. The third-order valence-corrected chi connectivity index (χ3v) is 3.80. The SMILES string of the molecule is CC(N)C1CN(Cc2nc3ccccc3c(=O)[nH]2)CCO1. The molecule has 3 rings (SSSR count). The number of ether oxygens (including phenoxy) is 1. The van der Waals surface area contributed by atoms with Crippen LogP contribution in [0.2, 0.25) is 0 Å². The van der Waals surface area contributed by atoms with E-state index < -0.39 is 0 Å². The van der Waals surface area contributed by atoms with Crippen LogP contribution in [-0.2, 0) is 11.3 Å². The molecule has 0 spiro atoms. The van der Waals surface area contributed by atoms with Gasteiger partial charge in [0.25, 0.3) is 5.56 Å². The van der Waals surface area contributed by atoms with Crippen LogP contribution < -0.4 is 11.3 Å². The Bertz CT molecular complexity index is 683. The Balaban J connectivity index is 1.80. The van der Waals surface area contributed by atoms with E-state index in [1.165, 1.54) is 0 Å². The lowest BCUT2D eigenvalue weighted by molar-refractivity contribution is -0.0410. The summed E-state index contributed by atoms with van der Waals surface area (Å²) in [5, 5.41) is 0.622. The number of aromatic nitrogens is 2. The van der Waals surface area contributed by atoms with Gasteiger partial charge in [-0.2, -0.15) is 0 Å². The van der Waals surface area contributed by atoms with E-state index in [0.717, 1.165) is 18.6 Å². The summed E-state index contributed by atoms with van der Waals surface area (Å²) < 4.78 is 5.64. The Morgan fingerprint density at radius 1 is 1.52 bits per heavy atom. The largest absolute Gasteiger partial charge is 0.374 e. The molecule has 0 saturated carbocycles. The summed E-state index contributed by atoms with van der Waals surface area (Å²) in [7, 11) is 0. The first-order valence-electron chi connectivity index (χ1n) is 7.21. The quantitative estimate of drug-likeness (QED) is 0.858. The molecule has 1 aromatic heterocycles. The average Bonchev–Trinajstić information content (AvgIpc) is 2.47. The van der Waals surface area contributed by atoms with Crippen LogP contribution in [0.4, 0.5) is 0 Å². The average molecular weight is 288 g/mol. The molecule has 6 heteroatoms. The van der Waals surface area contributed by atoms with Crippen LogP contribution in [0.25, 0.3) is 10.9 Å². The van der Waals surface area contributed by atoms with Crippen LogP contribution in [0.3, 0.4) is 0 Å². The fourth-order valence-electron chi connectivity index (χ4n) is 2.61. The van der Waals surface area contributed by atoms with E-state index in [1.54, 1.807) is 6.07 Å². The minimum Gasteiger partial charge on any atom is -0.374 e. The maximum Gasteiger partial charge on any atom is 0.258 e. The van der Waals surface area contributed by atoms with Crippen molar-refractivity contribution in [1.29, 1.82) is 0 Å². The molecule has 3 N–H and O–H groups in total. The maximum absolute atomic E-state index is 12.1. The second kappa shape index (κ2) is 5.93. The molecule has 1 saturated heterocycles. The Hall–Kier alpha value is -1.76. The predicted octanol–water partition coefficient (Wildman–Crippen LogP) is 0.471. The topological polar surface area (TPSA) is 84.2 Å². The molecule has 2 atom stereocenters. The number of nitrogens with zero attached hydrogens (tertiary/aromatic N) is 2. The normalized spacial score (nSPS) is 21.5. The predicted molar refractivity (Wildman–Crippen MR) is 81.0 cm³/mol. The molecular formula is C15H20N4O2. The summed E-state index contributed by atoms with van der Waals surface area (Å²) in [5.74, 6) is 0.684. The Kier molecular flexibility index (Phi) is 4.01. The van der Waals surface area contributed by atoms with Crippen molar-refractivity contribution in [3.05, 3.63) is 40.4 Å². The molecular weight excluding hydrogens is 268 g/mol. The lowest BCUT2D eigenvalue weighted by Gasteiger charge is -2.34. The third-order valence-electron chi connectivity index (χ3n) is 3.80. The minimum atomic E-state index is -0.0902. The number of nitrogens with two attached hydrogens (primary N) is 1. The van der Waals surface area contributed by atoms with Gasteiger partial charge >= 0.3 is 0 Å². The van der Waals surface area contributed by atoms with Crippen LogP contribution >= 0.6 is 0 Å². The van der Waals surface area contributed by atoms with E-state index in [4.69, 9.17) is 10.5 Å². The highest BCUT2D eigenvalue weighted by Gasteiger charge is 2.23. The smallest absolute Gasteiger partial charge is 0.258 e. The Morgan fingerprint density at radius 3 is 3.14 bits per heavy atom. The fourth-order valence-corrected chi connectivity index (χ4v) is 2.61. The van der Waals surface area contributed by atoms with Crippen molar-refractivity contribution in [3.8, 4) is 0 Å². The lowest BCUT2D eigenvalue weighted by Crippen LogP contribution is -2.49. The van der Waals surface area contributed by atoms with Crippen molar-refractivity contribution in [2.75, 3.05) is 19.7 Å². The molecule has 2 aromatic rings. The fraction of sp³-hybridized carbons (Fsp3) is 0.467. The molecule has 0 radical (unpaired) electrons. The van der Waals surface area contributed by atoms with E-state index >= 15 is 0 Å². The van der Waals surface area contributed by atoms with Crippen molar-refractivity contribution in [2.24, 2.45) is 5.73 Å². The molecule has 21 heavy (non-hydrogen) atoms. The second-order valence-corrected chi connectivity index (χ2v) is 5.53. The third kappa shape index (κ3) is 3.12.